The van der Waals surface area contributed by atoms with Crippen LogP contribution in [-0.4, -0.2) is 29.8 Å². The first kappa shape index (κ1) is 16.0. The Balaban J connectivity index is 2.55. The van der Waals surface area contributed by atoms with Gasteiger partial charge in [0.25, 0.3) is 0 Å². The van der Waals surface area contributed by atoms with Crippen LogP contribution in [0.4, 0.5) is 6.01 Å². The van der Waals surface area contributed by atoms with Crippen molar-refractivity contribution in [3.05, 3.63) is 5.89 Å². The lowest BCUT2D eigenvalue weighted by atomic mass is 10.0. The number of hydrogen-bond donors (Lipinski definition) is 1. The lowest BCUT2D eigenvalue weighted by molar-refractivity contribution is 0.433. The molecule has 1 rings (SSSR count). The molecule has 1 heterocycles. The van der Waals surface area contributed by atoms with E-state index in [0.29, 0.717) is 24.4 Å². The topological polar surface area (TPSA) is 54.2 Å². The number of hydrogen-bond acceptors (Lipinski definition) is 5. The summed E-state index contributed by atoms with van der Waals surface area (Å²) in [5.41, 5.74) is 0. The zero-order chi connectivity index (χ0) is 14.1. The largest absolute Gasteiger partial charge is 0.407 e. The molecule has 1 aromatic heterocycles. The van der Waals surface area contributed by atoms with Crippen LogP contribution >= 0.6 is 0 Å². The number of nitrogens with zero attached hydrogens (tertiary/aromatic N) is 3. The average molecular weight is 268 g/mol. The fraction of sp³-hybridized carbons (Fsp3) is 0.857. The highest BCUT2D eigenvalue weighted by Gasteiger charge is 2.16. The van der Waals surface area contributed by atoms with Crippen LogP contribution < -0.4 is 10.2 Å². The first-order chi connectivity index (χ1) is 9.24. The van der Waals surface area contributed by atoms with Crippen molar-refractivity contribution in [3.8, 4) is 0 Å². The zero-order valence-electron chi connectivity index (χ0n) is 12.8. The molecule has 0 amide bonds. The first-order valence-corrected chi connectivity index (χ1v) is 7.53. The Morgan fingerprint density at radius 3 is 2.47 bits per heavy atom. The van der Waals surface area contributed by atoms with Crippen LogP contribution in [-0.2, 0) is 6.54 Å². The highest BCUT2D eigenvalue weighted by atomic mass is 16.4. The minimum absolute atomic E-state index is 0.655. The maximum absolute atomic E-state index is 5.71. The summed E-state index contributed by atoms with van der Waals surface area (Å²) >= 11 is 0. The summed E-state index contributed by atoms with van der Waals surface area (Å²) < 4.78 is 5.71. The van der Waals surface area contributed by atoms with E-state index in [1.807, 2.05) is 0 Å². The molecule has 0 radical (unpaired) electrons. The molecule has 0 aromatic carbocycles. The minimum Gasteiger partial charge on any atom is -0.407 e. The average Bonchev–Trinajstić information content (AvgIpc) is 2.89. The fourth-order valence-corrected chi connectivity index (χ4v) is 2.02. The molecule has 0 aliphatic heterocycles. The third-order valence-corrected chi connectivity index (χ3v) is 3.44. The molecule has 5 heteroatoms. The van der Waals surface area contributed by atoms with Gasteiger partial charge in [0.2, 0.25) is 5.89 Å². The monoisotopic (exact) mass is 268 g/mol. The molecule has 1 N–H and O–H groups in total. The lowest BCUT2D eigenvalue weighted by Crippen LogP contribution is -2.29. The quantitative estimate of drug-likeness (QED) is 0.661. The zero-order valence-corrected chi connectivity index (χ0v) is 12.8. The van der Waals surface area contributed by atoms with Crippen molar-refractivity contribution >= 4 is 6.01 Å². The summed E-state index contributed by atoms with van der Waals surface area (Å²) in [4.78, 5) is 2.17. The maximum Gasteiger partial charge on any atom is 0.318 e. The molecule has 5 nitrogen and oxygen atoms in total. The molecule has 110 valence electrons. The van der Waals surface area contributed by atoms with E-state index in [1.54, 1.807) is 0 Å². The van der Waals surface area contributed by atoms with Gasteiger partial charge in [0.1, 0.15) is 0 Å². The summed E-state index contributed by atoms with van der Waals surface area (Å²) in [6.45, 7) is 12.3. The second-order valence-corrected chi connectivity index (χ2v) is 4.88. The molecular formula is C14H28N4O. The molecule has 0 saturated carbocycles. The van der Waals surface area contributed by atoms with E-state index in [2.05, 4.69) is 48.1 Å². The van der Waals surface area contributed by atoms with Crippen LogP contribution in [0.1, 0.15) is 52.8 Å². The Bertz CT molecular complexity index is 336. The van der Waals surface area contributed by atoms with E-state index in [0.717, 1.165) is 26.1 Å². The number of rotatable bonds is 10. The van der Waals surface area contributed by atoms with Gasteiger partial charge in [-0.2, -0.15) is 0 Å². The van der Waals surface area contributed by atoms with Gasteiger partial charge in [-0.25, -0.2) is 0 Å². The van der Waals surface area contributed by atoms with Crippen molar-refractivity contribution in [2.24, 2.45) is 5.92 Å². The van der Waals surface area contributed by atoms with Gasteiger partial charge in [0, 0.05) is 13.1 Å². The fourth-order valence-electron chi connectivity index (χ4n) is 2.02. The van der Waals surface area contributed by atoms with E-state index in [4.69, 9.17) is 4.42 Å². The van der Waals surface area contributed by atoms with Gasteiger partial charge >= 0.3 is 6.01 Å². The molecule has 0 spiro atoms. The van der Waals surface area contributed by atoms with Crippen molar-refractivity contribution in [2.45, 2.75) is 53.5 Å². The van der Waals surface area contributed by atoms with Gasteiger partial charge in [-0.1, -0.05) is 38.7 Å². The Kier molecular flexibility index (Phi) is 7.48. The summed E-state index contributed by atoms with van der Waals surface area (Å²) in [5.74, 6) is 1.36. The number of anilines is 1. The van der Waals surface area contributed by atoms with E-state index >= 15 is 0 Å². The highest BCUT2D eigenvalue weighted by molar-refractivity contribution is 5.23. The smallest absolute Gasteiger partial charge is 0.318 e. The number of nitrogens with one attached hydrogen (secondary N) is 1. The highest BCUT2D eigenvalue weighted by Crippen LogP contribution is 2.17. The van der Waals surface area contributed by atoms with Crippen molar-refractivity contribution in [1.29, 1.82) is 0 Å². The van der Waals surface area contributed by atoms with Gasteiger partial charge in [-0.15, -0.1) is 5.10 Å². The van der Waals surface area contributed by atoms with Gasteiger partial charge in [0.05, 0.1) is 6.54 Å². The van der Waals surface area contributed by atoms with Crippen molar-refractivity contribution in [3.63, 3.8) is 0 Å². The van der Waals surface area contributed by atoms with E-state index < -0.39 is 0 Å². The van der Waals surface area contributed by atoms with Crippen LogP contribution in [0.25, 0.3) is 0 Å². The van der Waals surface area contributed by atoms with E-state index in [9.17, 15) is 0 Å². The summed E-state index contributed by atoms with van der Waals surface area (Å²) in [7, 11) is 0. The molecule has 0 aliphatic carbocycles. The summed E-state index contributed by atoms with van der Waals surface area (Å²) in [6.07, 6.45) is 3.48. The Hall–Kier alpha value is -1.10. The molecule has 19 heavy (non-hydrogen) atoms. The Morgan fingerprint density at radius 2 is 1.89 bits per heavy atom. The van der Waals surface area contributed by atoms with Gasteiger partial charge in [-0.05, 0) is 25.8 Å². The second-order valence-electron chi connectivity index (χ2n) is 4.88. The molecule has 0 fully saturated rings. The molecule has 0 aliphatic rings. The molecular weight excluding hydrogens is 240 g/mol. The van der Waals surface area contributed by atoms with E-state index in [1.165, 1.54) is 12.8 Å². The first-order valence-electron chi connectivity index (χ1n) is 7.53. The molecule has 0 saturated heterocycles. The third-order valence-electron chi connectivity index (χ3n) is 3.44. The normalized spacial score (nSPS) is 11.2. The Morgan fingerprint density at radius 1 is 1.16 bits per heavy atom. The maximum atomic E-state index is 5.71. The summed E-state index contributed by atoms with van der Waals surface area (Å²) in [5, 5.41) is 11.5. The predicted molar refractivity (Wildman–Crippen MR) is 78.3 cm³/mol. The second kappa shape index (κ2) is 8.91. The number of aromatic nitrogens is 2. The predicted octanol–water partition coefficient (Wildman–Crippen LogP) is 2.83. The van der Waals surface area contributed by atoms with Crippen LogP contribution in [0.2, 0.25) is 0 Å². The Labute approximate surface area is 116 Å². The van der Waals surface area contributed by atoms with Crippen LogP contribution in [0.5, 0.6) is 0 Å². The van der Waals surface area contributed by atoms with Gasteiger partial charge in [-0.3, -0.25) is 0 Å². The lowest BCUT2D eigenvalue weighted by Gasteiger charge is -2.23. The minimum atomic E-state index is 0.655. The summed E-state index contributed by atoms with van der Waals surface area (Å²) in [6, 6.07) is 0.655. The van der Waals surface area contributed by atoms with Crippen molar-refractivity contribution in [1.82, 2.24) is 15.5 Å². The van der Waals surface area contributed by atoms with Crippen LogP contribution in [0.3, 0.4) is 0 Å². The molecule has 0 bridgehead atoms. The van der Waals surface area contributed by atoms with Gasteiger partial charge in [0.15, 0.2) is 0 Å². The molecule has 0 atom stereocenters. The van der Waals surface area contributed by atoms with Crippen molar-refractivity contribution < 1.29 is 4.42 Å². The van der Waals surface area contributed by atoms with E-state index in [-0.39, 0.29) is 0 Å². The molecule has 1 aromatic rings. The SMILES string of the molecule is CCCNCc1nnc(N(CC)CC(CC)CC)o1. The standard InChI is InChI=1S/C14H28N4O/c1-5-9-15-10-13-16-17-14(19-13)18(8-4)11-12(6-2)7-3/h12,15H,5-11H2,1-4H3. The van der Waals surface area contributed by atoms with Crippen molar-refractivity contribution in [2.75, 3.05) is 24.5 Å². The van der Waals surface area contributed by atoms with Crippen LogP contribution in [0.15, 0.2) is 4.42 Å². The van der Waals surface area contributed by atoms with Gasteiger partial charge < -0.3 is 14.6 Å². The van der Waals surface area contributed by atoms with Crippen LogP contribution in [0, 0.1) is 5.92 Å². The third kappa shape index (κ3) is 5.19. The molecule has 0 unspecified atom stereocenters.